The van der Waals surface area contributed by atoms with Crippen LogP contribution in [0.3, 0.4) is 0 Å². The summed E-state index contributed by atoms with van der Waals surface area (Å²) in [5.41, 5.74) is 9.87. The molecule has 5 heteroatoms. The van der Waals surface area contributed by atoms with E-state index in [4.69, 9.17) is 13.8 Å². The van der Waals surface area contributed by atoms with E-state index in [1.165, 1.54) is 10.8 Å². The number of aromatic nitrogens is 3. The fraction of sp³-hybridized carbons (Fsp3) is 0. The van der Waals surface area contributed by atoms with Gasteiger partial charge in [-0.15, -0.1) is 0 Å². The molecule has 4 aromatic heterocycles. The minimum atomic E-state index is 0.593. The molecule has 0 bridgehead atoms. The average molecular weight is 504 g/mol. The van der Waals surface area contributed by atoms with Crippen molar-refractivity contribution in [1.82, 2.24) is 14.5 Å². The Balaban J connectivity index is 1.31. The molecular formula is C34H21N3O2. The molecule has 5 nitrogen and oxygen atoms in total. The largest absolute Gasteiger partial charge is 0.472 e. The number of nitrogens with zero attached hydrogens (tertiary/aromatic N) is 3. The first-order valence-electron chi connectivity index (χ1n) is 12.8. The Morgan fingerprint density at radius 1 is 0.615 bits per heavy atom. The lowest BCUT2D eigenvalue weighted by molar-refractivity contribution is 0.568. The smallest absolute Gasteiger partial charge is 0.227 e. The lowest BCUT2D eigenvalue weighted by Crippen LogP contribution is -1.95. The summed E-state index contributed by atoms with van der Waals surface area (Å²) in [6, 6.07) is 37.4. The molecule has 0 unspecified atom stereocenters. The van der Waals surface area contributed by atoms with Crippen molar-refractivity contribution in [3.05, 3.63) is 128 Å². The van der Waals surface area contributed by atoms with Crippen LogP contribution in [0.1, 0.15) is 0 Å². The van der Waals surface area contributed by atoms with E-state index < -0.39 is 0 Å². The number of hydrogen-bond donors (Lipinski definition) is 0. The minimum absolute atomic E-state index is 0.593. The third-order valence-corrected chi connectivity index (χ3v) is 7.23. The molecule has 0 atom stereocenters. The summed E-state index contributed by atoms with van der Waals surface area (Å²) >= 11 is 0. The highest BCUT2D eigenvalue weighted by Gasteiger charge is 2.16. The number of fused-ring (bicyclic) bond motifs is 4. The molecule has 0 spiro atoms. The van der Waals surface area contributed by atoms with Crippen LogP contribution in [0, 0.1) is 0 Å². The SMILES string of the molecule is c1ccc(-c2cccc(-n3c4ccccc4c4ccc(-c5nc6cc(-c7ccoc7)ccc6o5)cc43)c2)nc1. The maximum absolute atomic E-state index is 6.22. The highest BCUT2D eigenvalue weighted by atomic mass is 16.3. The number of hydrogen-bond acceptors (Lipinski definition) is 4. The van der Waals surface area contributed by atoms with Crippen LogP contribution in [-0.4, -0.2) is 14.5 Å². The van der Waals surface area contributed by atoms with Gasteiger partial charge >= 0.3 is 0 Å². The number of rotatable bonds is 4. The normalized spacial score (nSPS) is 11.6. The van der Waals surface area contributed by atoms with Gasteiger partial charge in [0.1, 0.15) is 5.52 Å². The molecule has 4 aromatic carbocycles. The average Bonchev–Trinajstić information content (AvgIpc) is 3.75. The molecule has 0 saturated heterocycles. The lowest BCUT2D eigenvalue weighted by Gasteiger charge is -2.10. The van der Waals surface area contributed by atoms with Crippen molar-refractivity contribution >= 4 is 32.9 Å². The molecule has 0 saturated carbocycles. The van der Waals surface area contributed by atoms with Crippen molar-refractivity contribution in [2.24, 2.45) is 0 Å². The molecule has 0 amide bonds. The molecule has 0 aliphatic rings. The van der Waals surface area contributed by atoms with Crippen LogP contribution in [0.2, 0.25) is 0 Å². The Labute approximate surface area is 223 Å². The summed E-state index contributed by atoms with van der Waals surface area (Å²) in [5, 5.41) is 2.38. The molecule has 8 rings (SSSR count). The molecular weight excluding hydrogens is 482 g/mol. The highest BCUT2D eigenvalue weighted by molar-refractivity contribution is 6.10. The predicted octanol–water partition coefficient (Wildman–Crippen LogP) is 8.91. The van der Waals surface area contributed by atoms with E-state index in [-0.39, 0.29) is 0 Å². The van der Waals surface area contributed by atoms with E-state index in [1.807, 2.05) is 48.7 Å². The molecule has 39 heavy (non-hydrogen) atoms. The molecule has 0 aliphatic heterocycles. The second-order valence-corrected chi connectivity index (χ2v) is 9.56. The van der Waals surface area contributed by atoms with Crippen molar-refractivity contribution in [3.8, 4) is 39.5 Å². The third-order valence-electron chi connectivity index (χ3n) is 7.23. The number of pyridine rings is 1. The topological polar surface area (TPSA) is 57.0 Å². The van der Waals surface area contributed by atoms with Gasteiger partial charge in [0.05, 0.1) is 29.3 Å². The first-order chi connectivity index (χ1) is 19.3. The van der Waals surface area contributed by atoms with E-state index in [2.05, 4.69) is 76.3 Å². The van der Waals surface area contributed by atoms with Gasteiger partial charge < -0.3 is 13.4 Å². The molecule has 4 heterocycles. The number of oxazole rings is 1. The Bertz CT molecular complexity index is 2120. The lowest BCUT2D eigenvalue weighted by atomic mass is 10.1. The van der Waals surface area contributed by atoms with E-state index in [1.54, 1.807) is 12.5 Å². The highest BCUT2D eigenvalue weighted by Crippen LogP contribution is 2.36. The molecule has 0 fully saturated rings. The second-order valence-electron chi connectivity index (χ2n) is 9.56. The number of furan rings is 1. The van der Waals surface area contributed by atoms with E-state index in [0.29, 0.717) is 5.89 Å². The fourth-order valence-corrected chi connectivity index (χ4v) is 5.38. The Morgan fingerprint density at radius 3 is 2.41 bits per heavy atom. The minimum Gasteiger partial charge on any atom is -0.472 e. The van der Waals surface area contributed by atoms with Gasteiger partial charge in [-0.3, -0.25) is 4.98 Å². The number of para-hydroxylation sites is 1. The molecule has 184 valence electrons. The second kappa shape index (κ2) is 8.57. The molecule has 0 aliphatic carbocycles. The van der Waals surface area contributed by atoms with Crippen molar-refractivity contribution < 1.29 is 8.83 Å². The summed E-state index contributed by atoms with van der Waals surface area (Å²) in [5.74, 6) is 0.593. The van der Waals surface area contributed by atoms with E-state index >= 15 is 0 Å². The van der Waals surface area contributed by atoms with Crippen molar-refractivity contribution in [1.29, 1.82) is 0 Å². The van der Waals surface area contributed by atoms with Crippen LogP contribution in [0.4, 0.5) is 0 Å². The Hall–Kier alpha value is -5.42. The van der Waals surface area contributed by atoms with Crippen molar-refractivity contribution in [3.63, 3.8) is 0 Å². The van der Waals surface area contributed by atoms with Gasteiger partial charge in [-0.25, -0.2) is 4.98 Å². The summed E-state index contributed by atoms with van der Waals surface area (Å²) < 4.78 is 13.8. The van der Waals surface area contributed by atoms with Gasteiger partial charge in [0.2, 0.25) is 5.89 Å². The Kier molecular flexibility index (Phi) is 4.76. The van der Waals surface area contributed by atoms with Crippen LogP contribution < -0.4 is 0 Å². The zero-order valence-electron chi connectivity index (χ0n) is 20.8. The summed E-state index contributed by atoms with van der Waals surface area (Å²) in [6.07, 6.45) is 5.24. The van der Waals surface area contributed by atoms with Crippen LogP contribution in [0.15, 0.2) is 137 Å². The predicted molar refractivity (Wildman–Crippen MR) is 155 cm³/mol. The Morgan fingerprint density at radius 2 is 1.51 bits per heavy atom. The molecule has 8 aromatic rings. The van der Waals surface area contributed by atoms with Gasteiger partial charge in [-0.1, -0.05) is 48.5 Å². The van der Waals surface area contributed by atoms with Gasteiger partial charge in [0.25, 0.3) is 0 Å². The van der Waals surface area contributed by atoms with Crippen LogP contribution in [-0.2, 0) is 0 Å². The van der Waals surface area contributed by atoms with Gasteiger partial charge in [-0.2, -0.15) is 0 Å². The monoisotopic (exact) mass is 503 g/mol. The van der Waals surface area contributed by atoms with Crippen LogP contribution in [0.25, 0.3) is 72.4 Å². The van der Waals surface area contributed by atoms with Crippen LogP contribution >= 0.6 is 0 Å². The summed E-state index contributed by atoms with van der Waals surface area (Å²) in [4.78, 5) is 9.41. The number of benzene rings is 4. The quantitative estimate of drug-likeness (QED) is 0.241. The zero-order valence-corrected chi connectivity index (χ0v) is 20.8. The van der Waals surface area contributed by atoms with Crippen LogP contribution in [0.5, 0.6) is 0 Å². The fourth-order valence-electron chi connectivity index (χ4n) is 5.38. The van der Waals surface area contributed by atoms with Gasteiger partial charge in [0, 0.05) is 39.3 Å². The molecule has 0 radical (unpaired) electrons. The standard InChI is InChI=1S/C34H21N3O2/c1-2-10-31-27(8-1)28-13-11-24(34-36-30-19-22(12-14-33(30)39-34)25-15-17-38-21-25)20-32(28)37(31)26-7-5-6-23(18-26)29-9-3-4-16-35-29/h1-21H. The molecule has 0 N–H and O–H groups in total. The maximum atomic E-state index is 6.22. The zero-order chi connectivity index (χ0) is 25.8. The van der Waals surface area contributed by atoms with E-state index in [0.717, 1.165) is 55.8 Å². The van der Waals surface area contributed by atoms with Gasteiger partial charge in [-0.05, 0) is 66.2 Å². The van der Waals surface area contributed by atoms with Crippen molar-refractivity contribution in [2.75, 3.05) is 0 Å². The van der Waals surface area contributed by atoms with Gasteiger partial charge in [0.15, 0.2) is 5.58 Å². The first kappa shape index (κ1) is 21.6. The third kappa shape index (κ3) is 3.55. The summed E-state index contributed by atoms with van der Waals surface area (Å²) in [7, 11) is 0. The van der Waals surface area contributed by atoms with E-state index in [9.17, 15) is 0 Å². The van der Waals surface area contributed by atoms with Crippen molar-refractivity contribution in [2.45, 2.75) is 0 Å². The maximum Gasteiger partial charge on any atom is 0.227 e. The first-order valence-corrected chi connectivity index (χ1v) is 12.8. The summed E-state index contributed by atoms with van der Waals surface area (Å²) in [6.45, 7) is 0.